The molecule has 2 aliphatic rings. The van der Waals surface area contributed by atoms with Crippen molar-refractivity contribution in [3.8, 4) is 0 Å². The topological polar surface area (TPSA) is 64.1 Å². The van der Waals surface area contributed by atoms with Crippen molar-refractivity contribution in [2.75, 3.05) is 31.1 Å². The van der Waals surface area contributed by atoms with Crippen LogP contribution in [0.3, 0.4) is 0 Å². The minimum atomic E-state index is -4.81. The predicted octanol–water partition coefficient (Wildman–Crippen LogP) is 4.61. The summed E-state index contributed by atoms with van der Waals surface area (Å²) in [7, 11) is -3.79. The molecule has 11 heteroatoms. The number of halogens is 3. The average Bonchev–Trinajstić information content (AvgIpc) is 2.81. The van der Waals surface area contributed by atoms with E-state index in [4.69, 9.17) is 12.2 Å². The van der Waals surface area contributed by atoms with Gasteiger partial charge in [-0.25, -0.2) is 8.42 Å². The molecule has 1 fully saturated rings. The van der Waals surface area contributed by atoms with Crippen LogP contribution in [0.2, 0.25) is 0 Å². The quantitative estimate of drug-likeness (QED) is 0.470. The molecule has 1 heterocycles. The third-order valence-corrected chi connectivity index (χ3v) is 9.55. The lowest BCUT2D eigenvalue weighted by atomic mass is 9.95. The van der Waals surface area contributed by atoms with Gasteiger partial charge >= 0.3 is 6.18 Å². The van der Waals surface area contributed by atoms with Crippen molar-refractivity contribution in [2.45, 2.75) is 70.9 Å². The summed E-state index contributed by atoms with van der Waals surface area (Å²) in [6.45, 7) is 10.4. The zero-order valence-electron chi connectivity index (χ0n) is 21.9. The molecular weight excluding hydrogens is 523 g/mol. The Morgan fingerprint density at radius 2 is 1.70 bits per heavy atom. The number of hydrogen-bond acceptors (Lipinski definition) is 6. The molecular formula is C26H36F3N3O3S2. The zero-order chi connectivity index (χ0) is 27.8. The Bertz CT molecular complexity index is 1140. The van der Waals surface area contributed by atoms with Gasteiger partial charge in [0.05, 0.1) is 10.9 Å². The summed E-state index contributed by atoms with van der Waals surface area (Å²) < 4.78 is 68.5. The Hall–Kier alpha value is -1.79. The highest BCUT2D eigenvalue weighted by Gasteiger charge is 2.51. The van der Waals surface area contributed by atoms with Crippen LogP contribution in [0.25, 0.3) is 0 Å². The van der Waals surface area contributed by atoms with Crippen molar-refractivity contribution < 1.29 is 26.7 Å². The van der Waals surface area contributed by atoms with Crippen LogP contribution in [-0.2, 0) is 15.6 Å². The molecule has 1 aromatic rings. The van der Waals surface area contributed by atoms with Gasteiger partial charge in [0, 0.05) is 55.2 Å². The fraction of sp³-hybridized carbons (Fsp3) is 0.577. The lowest BCUT2D eigenvalue weighted by Gasteiger charge is -2.45. The summed E-state index contributed by atoms with van der Waals surface area (Å²) in [5, 5.41) is 10.0. The Labute approximate surface area is 223 Å². The van der Waals surface area contributed by atoms with Crippen molar-refractivity contribution in [1.82, 2.24) is 9.21 Å². The van der Waals surface area contributed by atoms with E-state index in [1.54, 1.807) is 24.3 Å². The molecule has 1 saturated heterocycles. The SMILES string of the molecule is CC(C)N(C[C@H]1CN(S(=O)(=O)C2=CC=CCC2=S)CCN1c1ccc([C@](C)(O)C(F)(F)F)cc1)C(C)C. The maximum Gasteiger partial charge on any atom is 0.421 e. The molecule has 0 spiro atoms. The molecule has 1 aliphatic carbocycles. The zero-order valence-corrected chi connectivity index (χ0v) is 23.5. The molecule has 6 nitrogen and oxygen atoms in total. The second-order valence-electron chi connectivity index (χ2n) is 10.3. The van der Waals surface area contributed by atoms with E-state index in [-0.39, 0.29) is 41.7 Å². The molecule has 0 bridgehead atoms. The molecule has 0 aromatic heterocycles. The Balaban J connectivity index is 1.94. The van der Waals surface area contributed by atoms with Crippen molar-refractivity contribution in [2.24, 2.45) is 0 Å². The van der Waals surface area contributed by atoms with Gasteiger partial charge in [-0.1, -0.05) is 36.5 Å². The lowest BCUT2D eigenvalue weighted by Crippen LogP contribution is -2.60. The summed E-state index contributed by atoms with van der Waals surface area (Å²) >= 11 is 5.34. The molecule has 1 aliphatic heterocycles. The molecule has 37 heavy (non-hydrogen) atoms. The van der Waals surface area contributed by atoms with Crippen LogP contribution in [0.15, 0.2) is 47.4 Å². The first-order valence-corrected chi connectivity index (χ1v) is 14.2. The Kier molecular flexibility index (Phi) is 8.96. The Morgan fingerprint density at radius 1 is 1.11 bits per heavy atom. The number of benzene rings is 1. The second kappa shape index (κ2) is 11.1. The monoisotopic (exact) mass is 559 g/mol. The first-order valence-electron chi connectivity index (χ1n) is 12.4. The van der Waals surface area contributed by atoms with E-state index >= 15 is 0 Å². The van der Waals surface area contributed by atoms with Crippen molar-refractivity contribution in [3.05, 3.63) is 53.0 Å². The number of nitrogens with zero attached hydrogens (tertiary/aromatic N) is 3. The number of thiocarbonyl (C=S) groups is 1. The predicted molar refractivity (Wildman–Crippen MR) is 145 cm³/mol. The fourth-order valence-electron chi connectivity index (χ4n) is 4.84. The number of hydrogen-bond donors (Lipinski definition) is 1. The first kappa shape index (κ1) is 29.8. The molecule has 0 amide bonds. The van der Waals surface area contributed by atoms with Crippen LogP contribution in [0.1, 0.15) is 46.6 Å². The number of aliphatic hydroxyl groups is 1. The second-order valence-corrected chi connectivity index (χ2v) is 12.7. The van der Waals surface area contributed by atoms with Gasteiger partial charge in [0.15, 0.2) is 5.60 Å². The van der Waals surface area contributed by atoms with Crippen LogP contribution < -0.4 is 4.90 Å². The van der Waals surface area contributed by atoms with Crippen molar-refractivity contribution >= 4 is 32.8 Å². The highest BCUT2D eigenvalue weighted by molar-refractivity contribution is 7.96. The number of anilines is 1. The van der Waals surface area contributed by atoms with E-state index in [0.29, 0.717) is 30.1 Å². The van der Waals surface area contributed by atoms with Gasteiger partial charge in [-0.15, -0.1) is 0 Å². The molecule has 0 unspecified atom stereocenters. The molecule has 0 radical (unpaired) electrons. The third-order valence-electron chi connectivity index (χ3n) is 7.09. The Morgan fingerprint density at radius 3 is 2.22 bits per heavy atom. The highest BCUT2D eigenvalue weighted by Crippen LogP contribution is 2.39. The fourth-order valence-corrected chi connectivity index (χ4v) is 6.91. The molecule has 206 valence electrons. The maximum atomic E-state index is 13.5. The van der Waals surface area contributed by atoms with Crippen LogP contribution in [-0.4, -0.2) is 78.1 Å². The van der Waals surface area contributed by atoms with Gasteiger partial charge in [-0.3, -0.25) is 4.90 Å². The van der Waals surface area contributed by atoms with E-state index < -0.39 is 21.8 Å². The molecule has 2 atom stereocenters. The van der Waals surface area contributed by atoms with Crippen LogP contribution >= 0.6 is 12.2 Å². The van der Waals surface area contributed by atoms with Gasteiger partial charge in [0.2, 0.25) is 10.0 Å². The van der Waals surface area contributed by atoms with Gasteiger partial charge in [-0.2, -0.15) is 17.5 Å². The molecule has 0 saturated carbocycles. The van der Waals surface area contributed by atoms with Crippen molar-refractivity contribution in [3.63, 3.8) is 0 Å². The van der Waals surface area contributed by atoms with Gasteiger partial charge < -0.3 is 10.0 Å². The minimum Gasteiger partial charge on any atom is -0.376 e. The first-order chi connectivity index (χ1) is 17.1. The normalized spacial score (nSPS) is 21.6. The van der Waals surface area contributed by atoms with Crippen molar-refractivity contribution in [1.29, 1.82) is 0 Å². The standard InChI is InChI=1S/C26H36F3N3O3S2/c1-18(2)32(19(3)4)17-22-16-30(37(34,35)24-9-7-6-8-23(24)36)14-15-31(22)21-12-10-20(11-13-21)25(5,33)26(27,28)29/h6-7,9-13,18-19,22,33H,8,14-17H2,1-5H3/t22-,25+/m1/s1. The van der Waals surface area contributed by atoms with Crippen LogP contribution in [0, 0.1) is 0 Å². The van der Waals surface area contributed by atoms with E-state index in [0.717, 1.165) is 6.92 Å². The maximum absolute atomic E-state index is 13.5. The van der Waals surface area contributed by atoms with E-state index in [2.05, 4.69) is 32.6 Å². The lowest BCUT2D eigenvalue weighted by molar-refractivity contribution is -0.258. The average molecular weight is 560 g/mol. The number of sulfonamides is 1. The molecule has 3 rings (SSSR count). The van der Waals surface area contributed by atoms with Gasteiger partial charge in [-0.05, 0) is 58.4 Å². The minimum absolute atomic E-state index is 0.153. The number of piperazine rings is 1. The number of allylic oxidation sites excluding steroid dienone is 4. The smallest absolute Gasteiger partial charge is 0.376 e. The number of alkyl halides is 3. The van der Waals surface area contributed by atoms with E-state index in [1.807, 2.05) is 11.0 Å². The molecule has 1 N–H and O–H groups in total. The summed E-state index contributed by atoms with van der Waals surface area (Å²) in [5.74, 6) is 0. The number of rotatable bonds is 8. The highest BCUT2D eigenvalue weighted by atomic mass is 32.2. The van der Waals surface area contributed by atoms with Crippen LogP contribution in [0.4, 0.5) is 18.9 Å². The largest absolute Gasteiger partial charge is 0.421 e. The van der Waals surface area contributed by atoms with E-state index in [9.17, 15) is 26.7 Å². The van der Waals surface area contributed by atoms with Gasteiger partial charge in [0.25, 0.3) is 0 Å². The van der Waals surface area contributed by atoms with E-state index in [1.165, 1.54) is 16.4 Å². The van der Waals surface area contributed by atoms with Gasteiger partial charge in [0.1, 0.15) is 0 Å². The summed E-state index contributed by atoms with van der Waals surface area (Å²) in [4.78, 5) is 4.85. The molecule has 1 aromatic carbocycles. The van der Waals surface area contributed by atoms with Crippen LogP contribution in [0.5, 0.6) is 0 Å². The third kappa shape index (κ3) is 6.27. The summed E-state index contributed by atoms with van der Waals surface area (Å²) in [6.07, 6.45) is 0.669. The summed E-state index contributed by atoms with van der Waals surface area (Å²) in [5.41, 5.74) is -2.55. The summed E-state index contributed by atoms with van der Waals surface area (Å²) in [6, 6.07) is 5.84.